The number of nitrogens with zero attached hydrogens (tertiary/aromatic N) is 2. The lowest BCUT2D eigenvalue weighted by Gasteiger charge is -1.99. The van der Waals surface area contributed by atoms with Gasteiger partial charge in [0.05, 0.1) is 12.1 Å². The lowest BCUT2D eigenvalue weighted by Crippen LogP contribution is -1.95. The first-order valence-corrected chi connectivity index (χ1v) is 5.89. The fourth-order valence-electron chi connectivity index (χ4n) is 1.53. The zero-order valence-electron chi connectivity index (χ0n) is 10.2. The molecule has 17 heavy (non-hydrogen) atoms. The number of hydrogen-bond donors (Lipinski definition) is 1. The molecule has 0 aliphatic heterocycles. The number of ether oxygens (including phenoxy) is 2. The average Bonchev–Trinajstić information content (AvgIpc) is 2.72. The molecule has 92 valence electrons. The number of hydrogen-bond acceptors (Lipinski definition) is 4. The summed E-state index contributed by atoms with van der Waals surface area (Å²) in [4.78, 5) is 11.8. The zero-order chi connectivity index (χ0) is 12.1. The molecule has 0 saturated carbocycles. The van der Waals surface area contributed by atoms with Crippen LogP contribution in [-0.2, 0) is 11.3 Å². The summed E-state index contributed by atoms with van der Waals surface area (Å²) in [5.74, 6) is 1.40. The van der Waals surface area contributed by atoms with Gasteiger partial charge >= 0.3 is 0 Å². The third-order valence-electron chi connectivity index (χ3n) is 2.25. The quantitative estimate of drug-likeness (QED) is 0.780. The van der Waals surface area contributed by atoms with E-state index >= 15 is 0 Å². The summed E-state index contributed by atoms with van der Waals surface area (Å²) in [6.07, 6.45) is 1.01. The molecular formula is C12H17N3O2. The Labute approximate surface area is 100 Å². The lowest BCUT2D eigenvalue weighted by atomic mass is 10.4. The molecular weight excluding hydrogens is 218 g/mol. The van der Waals surface area contributed by atoms with Crippen LogP contribution in [0.2, 0.25) is 0 Å². The maximum absolute atomic E-state index is 5.42. The minimum atomic E-state index is 0.494. The molecule has 2 aromatic heterocycles. The number of fused-ring (bicyclic) bond motifs is 1. The first-order chi connectivity index (χ1) is 8.33. The van der Waals surface area contributed by atoms with Crippen LogP contribution < -0.4 is 4.74 Å². The topological polar surface area (TPSA) is 60.0 Å². The molecule has 0 aliphatic carbocycles. The van der Waals surface area contributed by atoms with Gasteiger partial charge in [0.2, 0.25) is 5.88 Å². The molecule has 0 amide bonds. The van der Waals surface area contributed by atoms with Gasteiger partial charge in [0.1, 0.15) is 12.4 Å². The summed E-state index contributed by atoms with van der Waals surface area (Å²) in [7, 11) is 0. The van der Waals surface area contributed by atoms with Crippen LogP contribution in [0.1, 0.15) is 26.1 Å². The van der Waals surface area contributed by atoms with E-state index in [0.717, 1.165) is 24.4 Å². The average molecular weight is 235 g/mol. The molecule has 0 fully saturated rings. The molecule has 5 heteroatoms. The summed E-state index contributed by atoms with van der Waals surface area (Å²) in [5.41, 5.74) is 1.58. The Morgan fingerprint density at radius 2 is 2.12 bits per heavy atom. The maximum atomic E-state index is 5.42. The van der Waals surface area contributed by atoms with Crippen molar-refractivity contribution >= 4 is 11.2 Å². The van der Waals surface area contributed by atoms with Crippen LogP contribution in [0.3, 0.4) is 0 Å². The van der Waals surface area contributed by atoms with E-state index in [1.807, 2.05) is 19.1 Å². The molecule has 0 radical (unpaired) electrons. The van der Waals surface area contributed by atoms with Gasteiger partial charge in [-0.15, -0.1) is 0 Å². The number of aromatic amines is 1. The van der Waals surface area contributed by atoms with Gasteiger partial charge in [0.25, 0.3) is 0 Å². The van der Waals surface area contributed by atoms with Crippen molar-refractivity contribution in [2.24, 2.45) is 0 Å². The fraction of sp³-hybridized carbons (Fsp3) is 0.500. The SMILES string of the molecule is CCCOCc1nc2nc(OCC)ccc2[nH]1. The minimum absolute atomic E-state index is 0.494. The summed E-state index contributed by atoms with van der Waals surface area (Å²) in [5, 5.41) is 0. The van der Waals surface area contributed by atoms with E-state index in [9.17, 15) is 0 Å². The Morgan fingerprint density at radius 1 is 1.24 bits per heavy atom. The highest BCUT2D eigenvalue weighted by atomic mass is 16.5. The highest BCUT2D eigenvalue weighted by molar-refractivity contribution is 5.71. The van der Waals surface area contributed by atoms with Crippen LogP contribution in [0.25, 0.3) is 11.2 Å². The second-order valence-electron chi connectivity index (χ2n) is 3.69. The van der Waals surface area contributed by atoms with Gasteiger partial charge in [-0.25, -0.2) is 4.98 Å². The molecule has 2 rings (SSSR count). The van der Waals surface area contributed by atoms with Crippen molar-refractivity contribution in [3.05, 3.63) is 18.0 Å². The van der Waals surface area contributed by atoms with Crippen molar-refractivity contribution in [2.75, 3.05) is 13.2 Å². The number of imidazole rings is 1. The van der Waals surface area contributed by atoms with Crippen LogP contribution in [0.5, 0.6) is 5.88 Å². The van der Waals surface area contributed by atoms with Gasteiger partial charge in [-0.2, -0.15) is 4.98 Å². The summed E-state index contributed by atoms with van der Waals surface area (Å²) in [6, 6.07) is 3.75. The van der Waals surface area contributed by atoms with Crippen molar-refractivity contribution in [3.63, 3.8) is 0 Å². The predicted molar refractivity (Wildman–Crippen MR) is 65.0 cm³/mol. The zero-order valence-corrected chi connectivity index (χ0v) is 10.2. The van der Waals surface area contributed by atoms with Crippen LogP contribution in [0.15, 0.2) is 12.1 Å². The molecule has 2 aromatic rings. The lowest BCUT2D eigenvalue weighted by molar-refractivity contribution is 0.117. The molecule has 2 heterocycles. The van der Waals surface area contributed by atoms with Crippen molar-refractivity contribution in [3.8, 4) is 5.88 Å². The standard InChI is InChI=1S/C12H17N3O2/c1-3-7-16-8-10-13-9-5-6-11(17-4-2)15-12(9)14-10/h5-6H,3-4,7-8H2,1-2H3,(H,13,14,15). The van der Waals surface area contributed by atoms with E-state index in [4.69, 9.17) is 9.47 Å². The van der Waals surface area contributed by atoms with E-state index < -0.39 is 0 Å². The van der Waals surface area contributed by atoms with Crippen LogP contribution in [0, 0.1) is 0 Å². The van der Waals surface area contributed by atoms with E-state index in [2.05, 4.69) is 21.9 Å². The van der Waals surface area contributed by atoms with Gasteiger partial charge in [-0.1, -0.05) is 6.92 Å². The van der Waals surface area contributed by atoms with E-state index in [1.165, 1.54) is 0 Å². The number of aromatic nitrogens is 3. The molecule has 0 unspecified atom stereocenters. The molecule has 1 N–H and O–H groups in total. The number of H-pyrrole nitrogens is 1. The highest BCUT2D eigenvalue weighted by Gasteiger charge is 2.05. The highest BCUT2D eigenvalue weighted by Crippen LogP contribution is 2.14. The normalized spacial score (nSPS) is 10.9. The van der Waals surface area contributed by atoms with Gasteiger partial charge in [0.15, 0.2) is 5.65 Å². The summed E-state index contributed by atoms with van der Waals surface area (Å²) < 4.78 is 10.7. The van der Waals surface area contributed by atoms with Crippen LogP contribution in [-0.4, -0.2) is 28.2 Å². The second-order valence-corrected chi connectivity index (χ2v) is 3.69. The monoisotopic (exact) mass is 235 g/mol. The van der Waals surface area contributed by atoms with Gasteiger partial charge < -0.3 is 14.5 Å². The predicted octanol–water partition coefficient (Wildman–Crippen LogP) is 2.28. The van der Waals surface area contributed by atoms with E-state index in [1.54, 1.807) is 0 Å². The van der Waals surface area contributed by atoms with Crippen LogP contribution in [0.4, 0.5) is 0 Å². The fourth-order valence-corrected chi connectivity index (χ4v) is 1.53. The largest absolute Gasteiger partial charge is 0.478 e. The van der Waals surface area contributed by atoms with Crippen LogP contribution >= 0.6 is 0 Å². The van der Waals surface area contributed by atoms with Gasteiger partial charge in [-0.05, 0) is 19.4 Å². The van der Waals surface area contributed by atoms with E-state index in [-0.39, 0.29) is 0 Å². The van der Waals surface area contributed by atoms with Crippen molar-refractivity contribution in [2.45, 2.75) is 26.9 Å². The van der Waals surface area contributed by atoms with Crippen molar-refractivity contribution in [1.29, 1.82) is 0 Å². The first kappa shape index (κ1) is 11.9. The Bertz CT molecular complexity index is 482. The molecule has 0 atom stereocenters. The molecule has 0 spiro atoms. The Balaban J connectivity index is 2.12. The summed E-state index contributed by atoms with van der Waals surface area (Å²) in [6.45, 7) is 5.85. The number of nitrogens with one attached hydrogen (secondary N) is 1. The van der Waals surface area contributed by atoms with Gasteiger partial charge in [0, 0.05) is 12.7 Å². The molecule has 0 aromatic carbocycles. The number of rotatable bonds is 6. The third-order valence-corrected chi connectivity index (χ3v) is 2.25. The Morgan fingerprint density at radius 3 is 2.88 bits per heavy atom. The molecule has 0 aliphatic rings. The van der Waals surface area contributed by atoms with Crippen molar-refractivity contribution in [1.82, 2.24) is 15.0 Å². The number of pyridine rings is 1. The minimum Gasteiger partial charge on any atom is -0.478 e. The second kappa shape index (κ2) is 5.63. The van der Waals surface area contributed by atoms with E-state index in [0.29, 0.717) is 24.7 Å². The first-order valence-electron chi connectivity index (χ1n) is 5.89. The maximum Gasteiger partial charge on any atom is 0.215 e. The molecule has 0 bridgehead atoms. The molecule has 5 nitrogen and oxygen atoms in total. The molecule has 0 saturated heterocycles. The van der Waals surface area contributed by atoms with Gasteiger partial charge in [-0.3, -0.25) is 0 Å². The third kappa shape index (κ3) is 2.94. The Hall–Kier alpha value is -1.62. The Kier molecular flexibility index (Phi) is 3.93. The van der Waals surface area contributed by atoms with Crippen molar-refractivity contribution < 1.29 is 9.47 Å². The summed E-state index contributed by atoms with van der Waals surface area (Å²) >= 11 is 0. The smallest absolute Gasteiger partial charge is 0.215 e.